The van der Waals surface area contributed by atoms with Crippen molar-refractivity contribution in [3.63, 3.8) is 0 Å². The highest BCUT2D eigenvalue weighted by Crippen LogP contribution is 2.25. The lowest BCUT2D eigenvalue weighted by atomic mass is 9.84. The van der Waals surface area contributed by atoms with Gasteiger partial charge in [0.25, 0.3) is 11.3 Å². The molecule has 0 aromatic rings. The van der Waals surface area contributed by atoms with E-state index in [0.717, 1.165) is 0 Å². The first-order chi connectivity index (χ1) is 8.47. The van der Waals surface area contributed by atoms with Crippen molar-refractivity contribution < 1.29 is 18.3 Å². The average molecular weight is 288 g/mol. The minimum absolute atomic E-state index is 0.0507. The first-order valence-electron chi connectivity index (χ1n) is 5.76. The summed E-state index contributed by atoms with van der Waals surface area (Å²) in [6.45, 7) is 8.59. The van der Waals surface area contributed by atoms with E-state index in [-0.39, 0.29) is 18.6 Å². The third kappa shape index (κ3) is 8.46. The Morgan fingerprint density at radius 3 is 2.26 bits per heavy atom. The molecule has 1 unspecified atom stereocenters. The highest BCUT2D eigenvalue weighted by atomic mass is 32.2. The van der Waals surface area contributed by atoms with Gasteiger partial charge in [-0.2, -0.15) is 9.66 Å². The van der Waals surface area contributed by atoms with Crippen LogP contribution in [0.4, 0.5) is 0 Å². The molecule has 0 aromatic heterocycles. The second-order valence-electron chi connectivity index (χ2n) is 5.93. The molecule has 19 heavy (non-hydrogen) atoms. The predicted molar refractivity (Wildman–Crippen MR) is 72.7 cm³/mol. The molecule has 0 rings (SSSR count). The SMILES string of the molecule is CC(C)(CC#N)C/C(=N\S(=O)OC(C)(C)C)C(=O)O. The van der Waals surface area contributed by atoms with Gasteiger partial charge in [-0.25, -0.2) is 9.00 Å². The third-order valence-corrected chi connectivity index (χ3v) is 2.97. The number of hydrogen-bond donors (Lipinski definition) is 1. The number of aliphatic carboxylic acids is 1. The Hall–Kier alpha value is -1.26. The summed E-state index contributed by atoms with van der Waals surface area (Å²) in [7, 11) is 0. The minimum atomic E-state index is -2.05. The van der Waals surface area contributed by atoms with E-state index in [1.165, 1.54) is 0 Å². The van der Waals surface area contributed by atoms with Crippen molar-refractivity contribution in [1.29, 1.82) is 5.26 Å². The molecule has 0 spiro atoms. The van der Waals surface area contributed by atoms with Crippen LogP contribution in [-0.2, 0) is 20.2 Å². The molecule has 0 heterocycles. The molecule has 0 bridgehead atoms. The van der Waals surface area contributed by atoms with Gasteiger partial charge in [-0.1, -0.05) is 13.8 Å². The van der Waals surface area contributed by atoms with Crippen LogP contribution in [0.15, 0.2) is 4.40 Å². The van der Waals surface area contributed by atoms with Crippen molar-refractivity contribution >= 4 is 22.9 Å². The first kappa shape index (κ1) is 17.7. The summed E-state index contributed by atoms with van der Waals surface area (Å²) in [6.07, 6.45) is 0.237. The van der Waals surface area contributed by atoms with Crippen LogP contribution in [0.3, 0.4) is 0 Å². The van der Waals surface area contributed by atoms with Gasteiger partial charge in [0.05, 0.1) is 11.7 Å². The van der Waals surface area contributed by atoms with Crippen LogP contribution in [0.2, 0.25) is 0 Å². The van der Waals surface area contributed by atoms with Gasteiger partial charge in [0.1, 0.15) is 5.71 Å². The van der Waals surface area contributed by atoms with Gasteiger partial charge in [-0.15, -0.1) is 0 Å². The number of hydrogen-bond acceptors (Lipinski definition) is 4. The minimum Gasteiger partial charge on any atom is -0.477 e. The zero-order valence-electron chi connectivity index (χ0n) is 11.9. The lowest BCUT2D eigenvalue weighted by molar-refractivity contribution is -0.129. The van der Waals surface area contributed by atoms with E-state index in [1.54, 1.807) is 34.6 Å². The quantitative estimate of drug-likeness (QED) is 0.755. The normalized spacial score (nSPS) is 14.8. The summed E-state index contributed by atoms with van der Waals surface area (Å²) >= 11 is -2.05. The molecule has 7 heteroatoms. The van der Waals surface area contributed by atoms with Crippen molar-refractivity contribution in [2.75, 3.05) is 0 Å². The van der Waals surface area contributed by atoms with Crippen molar-refractivity contribution in [2.45, 2.75) is 53.1 Å². The molecule has 0 fully saturated rings. The van der Waals surface area contributed by atoms with E-state index in [4.69, 9.17) is 14.6 Å². The Bertz CT molecular complexity index is 430. The smallest absolute Gasteiger partial charge is 0.351 e. The van der Waals surface area contributed by atoms with E-state index in [0.29, 0.717) is 0 Å². The summed E-state index contributed by atoms with van der Waals surface area (Å²) in [6, 6.07) is 1.99. The number of carboxylic acids is 1. The van der Waals surface area contributed by atoms with Crippen molar-refractivity contribution in [1.82, 2.24) is 0 Å². The number of carbonyl (C=O) groups is 1. The van der Waals surface area contributed by atoms with Crippen LogP contribution in [0.1, 0.15) is 47.5 Å². The monoisotopic (exact) mass is 288 g/mol. The molecule has 0 radical (unpaired) electrons. The zero-order valence-corrected chi connectivity index (χ0v) is 12.7. The lowest BCUT2D eigenvalue weighted by Gasteiger charge is -2.20. The maximum absolute atomic E-state index is 11.6. The summed E-state index contributed by atoms with van der Waals surface area (Å²) in [5, 5.41) is 17.7. The van der Waals surface area contributed by atoms with Gasteiger partial charge in [-0.05, 0) is 26.2 Å². The second kappa shape index (κ2) is 6.78. The highest BCUT2D eigenvalue weighted by molar-refractivity contribution is 7.79. The number of carboxylic acid groups (broad SMARTS) is 1. The molecule has 0 saturated heterocycles. The van der Waals surface area contributed by atoms with Gasteiger partial charge in [0.2, 0.25) is 0 Å². The Balaban J connectivity index is 4.99. The molecular weight excluding hydrogens is 268 g/mol. The Kier molecular flexibility index (Phi) is 6.33. The fourth-order valence-electron chi connectivity index (χ4n) is 1.20. The van der Waals surface area contributed by atoms with Crippen LogP contribution in [0.25, 0.3) is 0 Å². The van der Waals surface area contributed by atoms with E-state index in [9.17, 15) is 9.00 Å². The van der Waals surface area contributed by atoms with E-state index in [2.05, 4.69) is 4.40 Å². The number of nitrogens with zero attached hydrogens (tertiary/aromatic N) is 2. The van der Waals surface area contributed by atoms with Crippen molar-refractivity contribution in [3.8, 4) is 6.07 Å². The molecule has 1 atom stereocenters. The fourth-order valence-corrected chi connectivity index (χ4v) is 1.99. The predicted octanol–water partition coefficient (Wildman–Crippen LogP) is 2.24. The number of rotatable bonds is 6. The molecule has 0 aromatic carbocycles. The topological polar surface area (TPSA) is 99.8 Å². The van der Waals surface area contributed by atoms with Crippen LogP contribution < -0.4 is 0 Å². The van der Waals surface area contributed by atoms with Gasteiger partial charge in [0.15, 0.2) is 0 Å². The Labute approximate surface area is 116 Å². The van der Waals surface area contributed by atoms with Crippen LogP contribution >= 0.6 is 0 Å². The van der Waals surface area contributed by atoms with Crippen LogP contribution in [0, 0.1) is 16.7 Å². The third-order valence-electron chi connectivity index (χ3n) is 1.96. The summed E-state index contributed by atoms with van der Waals surface area (Å²) in [5.41, 5.74) is -1.47. The Morgan fingerprint density at radius 1 is 1.37 bits per heavy atom. The van der Waals surface area contributed by atoms with Crippen LogP contribution in [0.5, 0.6) is 0 Å². The largest absolute Gasteiger partial charge is 0.477 e. The fraction of sp³-hybridized carbons (Fsp3) is 0.750. The first-order valence-corrected chi connectivity index (χ1v) is 6.79. The van der Waals surface area contributed by atoms with Crippen molar-refractivity contribution in [2.24, 2.45) is 9.81 Å². The molecule has 0 amide bonds. The van der Waals surface area contributed by atoms with Gasteiger partial charge >= 0.3 is 5.97 Å². The molecule has 0 saturated carbocycles. The van der Waals surface area contributed by atoms with E-state index < -0.39 is 28.3 Å². The Morgan fingerprint density at radius 2 is 1.89 bits per heavy atom. The van der Waals surface area contributed by atoms with E-state index >= 15 is 0 Å². The second-order valence-corrected chi connectivity index (χ2v) is 6.72. The molecular formula is C12H20N2O4S. The summed E-state index contributed by atoms with van der Waals surface area (Å²) in [5.74, 6) is -1.25. The molecule has 0 aliphatic heterocycles. The van der Waals surface area contributed by atoms with Gasteiger partial charge in [-0.3, -0.25) is 4.18 Å². The molecule has 0 aliphatic carbocycles. The van der Waals surface area contributed by atoms with Crippen LogP contribution in [-0.4, -0.2) is 26.6 Å². The summed E-state index contributed by atoms with van der Waals surface area (Å²) < 4.78 is 20.2. The zero-order chi connectivity index (χ0) is 15.3. The lowest BCUT2D eigenvalue weighted by Crippen LogP contribution is -2.25. The molecule has 0 aliphatic rings. The van der Waals surface area contributed by atoms with Gasteiger partial charge < -0.3 is 5.11 Å². The maximum atomic E-state index is 11.6. The summed E-state index contributed by atoms with van der Waals surface area (Å²) in [4.78, 5) is 11.1. The van der Waals surface area contributed by atoms with E-state index in [1.807, 2.05) is 6.07 Å². The average Bonchev–Trinajstić information content (AvgIpc) is 2.12. The molecule has 6 nitrogen and oxygen atoms in total. The standard InChI is InChI=1S/C12H20N2O4S/c1-11(2,3)18-19(17)14-9(10(15)16)8-12(4,5)6-7-13/h6,8H2,1-5H3,(H,15,16)/b14-9+. The number of nitriles is 1. The molecule has 1 N–H and O–H groups in total. The van der Waals surface area contributed by atoms with Crippen molar-refractivity contribution in [3.05, 3.63) is 0 Å². The maximum Gasteiger partial charge on any atom is 0.351 e. The van der Waals surface area contributed by atoms with Gasteiger partial charge in [0, 0.05) is 12.8 Å². The molecule has 108 valence electrons. The highest BCUT2D eigenvalue weighted by Gasteiger charge is 2.25.